The number of aryl methyl sites for hydroxylation is 2. The van der Waals surface area contributed by atoms with Gasteiger partial charge in [0, 0.05) is 35.1 Å². The summed E-state index contributed by atoms with van der Waals surface area (Å²) in [5.41, 5.74) is 2.46. The van der Waals surface area contributed by atoms with Crippen LogP contribution in [0.5, 0.6) is 10.9 Å². The predicted molar refractivity (Wildman–Crippen MR) is 96.8 cm³/mol. The van der Waals surface area contributed by atoms with Crippen LogP contribution in [0.3, 0.4) is 0 Å². The van der Waals surface area contributed by atoms with Crippen molar-refractivity contribution in [1.29, 1.82) is 0 Å². The standard InChI is InChI=1S/C17H14ClN3O3S/c1-10-7-14(21(22)23)8-11(2)16(10)24-17-19-15(20-25-17)9-12-3-5-13(18)6-4-12/h3-8H,9H2,1-2H3. The lowest BCUT2D eigenvalue weighted by atomic mass is 10.1. The summed E-state index contributed by atoms with van der Waals surface area (Å²) in [4.78, 5) is 14.9. The summed E-state index contributed by atoms with van der Waals surface area (Å²) in [6.45, 7) is 3.54. The minimum Gasteiger partial charge on any atom is -0.429 e. The second kappa shape index (κ2) is 7.16. The van der Waals surface area contributed by atoms with Crippen LogP contribution in [-0.2, 0) is 6.42 Å². The first-order valence-corrected chi connectivity index (χ1v) is 8.58. The number of hydrogen-bond donors (Lipinski definition) is 0. The summed E-state index contributed by atoms with van der Waals surface area (Å²) in [6.07, 6.45) is 0.579. The van der Waals surface area contributed by atoms with E-state index in [4.69, 9.17) is 16.3 Å². The van der Waals surface area contributed by atoms with Gasteiger partial charge in [-0.25, -0.2) is 0 Å². The van der Waals surface area contributed by atoms with Crippen LogP contribution < -0.4 is 4.74 Å². The van der Waals surface area contributed by atoms with Crippen molar-refractivity contribution in [2.75, 3.05) is 0 Å². The van der Waals surface area contributed by atoms with Gasteiger partial charge in [0.05, 0.1) is 4.92 Å². The quantitative estimate of drug-likeness (QED) is 0.458. The number of halogens is 1. The molecule has 8 heteroatoms. The van der Waals surface area contributed by atoms with Crippen molar-refractivity contribution in [2.24, 2.45) is 0 Å². The Kier molecular flexibility index (Phi) is 4.96. The highest BCUT2D eigenvalue weighted by molar-refractivity contribution is 7.07. The van der Waals surface area contributed by atoms with E-state index in [0.717, 1.165) is 17.1 Å². The Balaban J connectivity index is 1.77. The van der Waals surface area contributed by atoms with E-state index in [2.05, 4.69) is 9.36 Å². The zero-order chi connectivity index (χ0) is 18.0. The van der Waals surface area contributed by atoms with Crippen molar-refractivity contribution in [2.45, 2.75) is 20.3 Å². The minimum atomic E-state index is -0.418. The molecule has 1 heterocycles. The molecule has 0 radical (unpaired) electrons. The number of nitro groups is 1. The molecule has 0 spiro atoms. The Morgan fingerprint density at radius 1 is 1.20 bits per heavy atom. The number of benzene rings is 2. The lowest BCUT2D eigenvalue weighted by Gasteiger charge is -2.08. The highest BCUT2D eigenvalue weighted by Gasteiger charge is 2.15. The molecular weight excluding hydrogens is 362 g/mol. The first kappa shape index (κ1) is 17.3. The topological polar surface area (TPSA) is 78.2 Å². The molecule has 0 N–H and O–H groups in total. The first-order chi connectivity index (χ1) is 11.9. The fraction of sp³-hybridized carbons (Fsp3) is 0.176. The van der Waals surface area contributed by atoms with E-state index >= 15 is 0 Å². The summed E-state index contributed by atoms with van der Waals surface area (Å²) < 4.78 is 10.1. The molecule has 0 aliphatic carbocycles. The Labute approximate surface area is 153 Å². The van der Waals surface area contributed by atoms with Gasteiger partial charge < -0.3 is 4.74 Å². The SMILES string of the molecule is Cc1cc([N+](=O)[O-])cc(C)c1Oc1nc(Cc2ccc(Cl)cc2)ns1. The highest BCUT2D eigenvalue weighted by atomic mass is 35.5. The molecule has 0 aliphatic heterocycles. The third kappa shape index (κ3) is 4.12. The second-order valence-electron chi connectivity index (χ2n) is 5.55. The fourth-order valence-electron chi connectivity index (χ4n) is 2.42. The summed E-state index contributed by atoms with van der Waals surface area (Å²) in [7, 11) is 0. The van der Waals surface area contributed by atoms with E-state index < -0.39 is 4.92 Å². The van der Waals surface area contributed by atoms with E-state index in [9.17, 15) is 10.1 Å². The van der Waals surface area contributed by atoms with Crippen LogP contribution in [0.4, 0.5) is 5.69 Å². The van der Waals surface area contributed by atoms with Crippen LogP contribution >= 0.6 is 23.1 Å². The number of nitro benzene ring substituents is 1. The molecule has 0 aliphatic rings. The van der Waals surface area contributed by atoms with Gasteiger partial charge in [-0.1, -0.05) is 23.7 Å². The van der Waals surface area contributed by atoms with Crippen LogP contribution in [0.1, 0.15) is 22.5 Å². The van der Waals surface area contributed by atoms with Crippen molar-refractivity contribution in [3.05, 3.63) is 74.0 Å². The maximum Gasteiger partial charge on any atom is 0.298 e. The van der Waals surface area contributed by atoms with Crippen LogP contribution in [0.2, 0.25) is 5.02 Å². The van der Waals surface area contributed by atoms with Crippen LogP contribution in [-0.4, -0.2) is 14.3 Å². The molecule has 0 saturated carbocycles. The zero-order valence-corrected chi connectivity index (χ0v) is 15.1. The molecular formula is C17H14ClN3O3S. The summed E-state index contributed by atoms with van der Waals surface area (Å²) in [5, 5.41) is 12.0. The van der Waals surface area contributed by atoms with Crippen LogP contribution in [0.15, 0.2) is 36.4 Å². The van der Waals surface area contributed by atoms with Gasteiger partial charge in [-0.15, -0.1) is 0 Å². The number of non-ortho nitro benzene ring substituents is 1. The molecule has 0 saturated heterocycles. The molecule has 1 aromatic heterocycles. The van der Waals surface area contributed by atoms with E-state index in [0.29, 0.717) is 39.3 Å². The molecule has 0 atom stereocenters. The number of nitrogens with zero attached hydrogens (tertiary/aromatic N) is 3. The monoisotopic (exact) mass is 375 g/mol. The smallest absolute Gasteiger partial charge is 0.298 e. The van der Waals surface area contributed by atoms with E-state index in [1.165, 1.54) is 12.1 Å². The molecule has 3 rings (SSSR count). The van der Waals surface area contributed by atoms with Gasteiger partial charge in [-0.2, -0.15) is 9.36 Å². The predicted octanol–water partition coefficient (Wildman–Crippen LogP) is 5.10. The van der Waals surface area contributed by atoms with Crippen LogP contribution in [0.25, 0.3) is 0 Å². The average molecular weight is 376 g/mol. The third-order valence-electron chi connectivity index (χ3n) is 3.57. The lowest BCUT2D eigenvalue weighted by Crippen LogP contribution is -1.95. The summed E-state index contributed by atoms with van der Waals surface area (Å²) >= 11 is 7.03. The van der Waals surface area contributed by atoms with Gasteiger partial charge in [-0.3, -0.25) is 10.1 Å². The highest BCUT2D eigenvalue weighted by Crippen LogP contribution is 2.33. The number of hydrogen-bond acceptors (Lipinski definition) is 6. The normalized spacial score (nSPS) is 10.7. The second-order valence-corrected chi connectivity index (χ2v) is 6.70. The molecule has 0 unspecified atom stereocenters. The number of ether oxygens (including phenoxy) is 1. The molecule has 0 fully saturated rings. The number of aromatic nitrogens is 2. The molecule has 2 aromatic carbocycles. The van der Waals surface area contributed by atoms with E-state index in [1.807, 2.05) is 24.3 Å². The molecule has 0 amide bonds. The largest absolute Gasteiger partial charge is 0.429 e. The Morgan fingerprint density at radius 3 is 2.44 bits per heavy atom. The average Bonchev–Trinajstić information content (AvgIpc) is 3.00. The van der Waals surface area contributed by atoms with E-state index in [-0.39, 0.29) is 5.69 Å². The van der Waals surface area contributed by atoms with E-state index in [1.54, 1.807) is 13.8 Å². The van der Waals surface area contributed by atoms with Gasteiger partial charge in [0.25, 0.3) is 10.9 Å². The lowest BCUT2D eigenvalue weighted by molar-refractivity contribution is -0.385. The molecule has 3 aromatic rings. The molecule has 0 bridgehead atoms. The van der Waals surface area contributed by atoms with Gasteiger partial charge in [0.2, 0.25) is 0 Å². The Hall–Kier alpha value is -2.51. The third-order valence-corrected chi connectivity index (χ3v) is 4.46. The summed E-state index contributed by atoms with van der Waals surface area (Å²) in [6, 6.07) is 10.5. The van der Waals surface area contributed by atoms with Gasteiger partial charge in [0.1, 0.15) is 5.75 Å². The van der Waals surface area contributed by atoms with Crippen molar-refractivity contribution >= 4 is 28.8 Å². The number of rotatable bonds is 5. The van der Waals surface area contributed by atoms with Crippen molar-refractivity contribution in [3.8, 4) is 10.9 Å². The Morgan fingerprint density at radius 2 is 1.84 bits per heavy atom. The van der Waals surface area contributed by atoms with Crippen molar-refractivity contribution < 1.29 is 9.66 Å². The maximum absolute atomic E-state index is 10.9. The van der Waals surface area contributed by atoms with Crippen LogP contribution in [0, 0.1) is 24.0 Å². The first-order valence-electron chi connectivity index (χ1n) is 7.43. The molecule has 25 heavy (non-hydrogen) atoms. The summed E-state index contributed by atoms with van der Waals surface area (Å²) in [5.74, 6) is 1.22. The fourth-order valence-corrected chi connectivity index (χ4v) is 3.10. The molecule has 128 valence electrons. The van der Waals surface area contributed by atoms with Crippen molar-refractivity contribution in [3.63, 3.8) is 0 Å². The van der Waals surface area contributed by atoms with Gasteiger partial charge >= 0.3 is 0 Å². The van der Waals surface area contributed by atoms with Crippen molar-refractivity contribution in [1.82, 2.24) is 9.36 Å². The molecule has 6 nitrogen and oxygen atoms in total. The van der Waals surface area contributed by atoms with Gasteiger partial charge in [-0.05, 0) is 42.7 Å². The maximum atomic E-state index is 10.9. The van der Waals surface area contributed by atoms with Gasteiger partial charge in [0.15, 0.2) is 5.82 Å². The Bertz CT molecular complexity index is 902. The zero-order valence-electron chi connectivity index (χ0n) is 13.5. The minimum absolute atomic E-state index is 0.0445.